The quantitative estimate of drug-likeness (QED) is 0.790. The summed E-state index contributed by atoms with van der Waals surface area (Å²) in [6.45, 7) is 6.95. The van der Waals surface area contributed by atoms with Crippen LogP contribution in [0.1, 0.15) is 44.0 Å². The fourth-order valence-electron chi connectivity index (χ4n) is 2.88. The lowest BCUT2D eigenvalue weighted by atomic mass is 9.99. The zero-order valence-electron chi connectivity index (χ0n) is 15.7. The van der Waals surface area contributed by atoms with Crippen LogP contribution in [0.4, 0.5) is 0 Å². The average Bonchev–Trinajstić information content (AvgIpc) is 2.64. The maximum atomic E-state index is 12.4. The van der Waals surface area contributed by atoms with E-state index in [-0.39, 0.29) is 24.3 Å². The standard InChI is InChI=1S/C20H28N2O4/c1-14(2)18(21-19(24)16-7-5-4-6-8-16)20(25)26-13-17(23)22-11-9-15(3)10-12-22/h4-8,14-15,18H,9-13H2,1-3H3,(H,21,24)/t18-/m0/s1. The van der Waals surface area contributed by atoms with Gasteiger partial charge in [-0.2, -0.15) is 0 Å². The van der Waals surface area contributed by atoms with Crippen molar-refractivity contribution in [2.45, 2.75) is 39.7 Å². The van der Waals surface area contributed by atoms with Crippen LogP contribution >= 0.6 is 0 Å². The Labute approximate surface area is 154 Å². The van der Waals surface area contributed by atoms with Crippen molar-refractivity contribution in [2.24, 2.45) is 11.8 Å². The van der Waals surface area contributed by atoms with Gasteiger partial charge in [0.15, 0.2) is 6.61 Å². The molecule has 1 N–H and O–H groups in total. The number of nitrogens with one attached hydrogen (secondary N) is 1. The van der Waals surface area contributed by atoms with Crippen molar-refractivity contribution in [1.82, 2.24) is 10.2 Å². The number of esters is 1. The Morgan fingerprint density at radius 2 is 1.77 bits per heavy atom. The molecule has 0 saturated carbocycles. The highest BCUT2D eigenvalue weighted by Gasteiger charge is 2.28. The first-order valence-corrected chi connectivity index (χ1v) is 9.18. The molecule has 2 rings (SSSR count). The zero-order valence-corrected chi connectivity index (χ0v) is 15.7. The van der Waals surface area contributed by atoms with E-state index in [4.69, 9.17) is 4.74 Å². The van der Waals surface area contributed by atoms with Gasteiger partial charge < -0.3 is 15.0 Å². The molecule has 0 radical (unpaired) electrons. The second-order valence-electron chi connectivity index (χ2n) is 7.23. The lowest BCUT2D eigenvalue weighted by molar-refractivity contribution is -0.155. The first kappa shape index (κ1) is 19.9. The lowest BCUT2D eigenvalue weighted by Gasteiger charge is -2.30. The molecule has 1 aromatic carbocycles. The molecule has 1 atom stereocenters. The van der Waals surface area contributed by atoms with Crippen molar-refractivity contribution in [3.8, 4) is 0 Å². The summed E-state index contributed by atoms with van der Waals surface area (Å²) in [5.41, 5.74) is 0.476. The molecule has 26 heavy (non-hydrogen) atoms. The number of carbonyl (C=O) groups excluding carboxylic acids is 3. The summed E-state index contributed by atoms with van der Waals surface area (Å²) < 4.78 is 5.20. The minimum Gasteiger partial charge on any atom is -0.454 e. The van der Waals surface area contributed by atoms with Crippen molar-refractivity contribution >= 4 is 17.8 Å². The van der Waals surface area contributed by atoms with Crippen LogP contribution in [0.2, 0.25) is 0 Å². The molecular formula is C20H28N2O4. The maximum absolute atomic E-state index is 12.4. The van der Waals surface area contributed by atoms with Gasteiger partial charge in [0, 0.05) is 18.7 Å². The molecule has 1 aliphatic heterocycles. The summed E-state index contributed by atoms with van der Waals surface area (Å²) >= 11 is 0. The number of carbonyl (C=O) groups is 3. The monoisotopic (exact) mass is 360 g/mol. The van der Waals surface area contributed by atoms with Gasteiger partial charge >= 0.3 is 5.97 Å². The molecular weight excluding hydrogens is 332 g/mol. The second-order valence-corrected chi connectivity index (χ2v) is 7.23. The third-order valence-electron chi connectivity index (χ3n) is 4.72. The molecule has 0 unspecified atom stereocenters. The van der Waals surface area contributed by atoms with Crippen LogP contribution in [0.25, 0.3) is 0 Å². The third-order valence-corrected chi connectivity index (χ3v) is 4.72. The Balaban J connectivity index is 1.88. The molecule has 1 aliphatic rings. The number of ether oxygens (including phenoxy) is 1. The Kier molecular flexibility index (Phi) is 7.18. The second kappa shape index (κ2) is 9.36. The predicted molar refractivity (Wildman–Crippen MR) is 98.5 cm³/mol. The Hall–Kier alpha value is -2.37. The zero-order chi connectivity index (χ0) is 19.1. The first-order chi connectivity index (χ1) is 12.4. The van der Waals surface area contributed by atoms with E-state index in [1.807, 2.05) is 19.9 Å². The van der Waals surface area contributed by atoms with Gasteiger partial charge in [-0.1, -0.05) is 39.0 Å². The summed E-state index contributed by atoms with van der Waals surface area (Å²) in [6, 6.07) is 7.90. The van der Waals surface area contributed by atoms with E-state index in [1.165, 1.54) is 0 Å². The number of amides is 2. The summed E-state index contributed by atoms with van der Waals surface area (Å²) in [7, 11) is 0. The maximum Gasteiger partial charge on any atom is 0.329 e. The average molecular weight is 360 g/mol. The SMILES string of the molecule is CC1CCN(C(=O)COC(=O)[C@@H](NC(=O)c2ccccc2)C(C)C)CC1. The lowest BCUT2D eigenvalue weighted by Crippen LogP contribution is -2.47. The predicted octanol–water partition coefficient (Wildman–Crippen LogP) is 2.24. The fraction of sp³-hybridized carbons (Fsp3) is 0.550. The van der Waals surface area contributed by atoms with Gasteiger partial charge in [0.1, 0.15) is 6.04 Å². The Morgan fingerprint density at radius 3 is 2.35 bits per heavy atom. The highest BCUT2D eigenvalue weighted by atomic mass is 16.5. The molecule has 6 nitrogen and oxygen atoms in total. The van der Waals surface area contributed by atoms with Crippen molar-refractivity contribution in [2.75, 3.05) is 19.7 Å². The summed E-state index contributed by atoms with van der Waals surface area (Å²) in [4.78, 5) is 38.6. The van der Waals surface area contributed by atoms with E-state index >= 15 is 0 Å². The summed E-state index contributed by atoms with van der Waals surface area (Å²) in [5, 5.41) is 2.70. The molecule has 1 saturated heterocycles. The number of likely N-dealkylation sites (tertiary alicyclic amines) is 1. The van der Waals surface area contributed by atoms with Crippen molar-refractivity contribution < 1.29 is 19.1 Å². The third kappa shape index (κ3) is 5.58. The minimum absolute atomic E-state index is 0.152. The largest absolute Gasteiger partial charge is 0.454 e. The van der Waals surface area contributed by atoms with Crippen LogP contribution in [0.5, 0.6) is 0 Å². The molecule has 0 spiro atoms. The van der Waals surface area contributed by atoms with Gasteiger partial charge in [0.2, 0.25) is 0 Å². The van der Waals surface area contributed by atoms with E-state index < -0.39 is 12.0 Å². The number of benzene rings is 1. The van der Waals surface area contributed by atoms with Gasteiger partial charge in [-0.25, -0.2) is 4.79 Å². The van der Waals surface area contributed by atoms with Gasteiger partial charge in [-0.3, -0.25) is 9.59 Å². The molecule has 2 amide bonds. The van der Waals surface area contributed by atoms with Crippen LogP contribution in [0.3, 0.4) is 0 Å². The Bertz CT molecular complexity index is 622. The van der Waals surface area contributed by atoms with Gasteiger partial charge in [0.25, 0.3) is 11.8 Å². The Morgan fingerprint density at radius 1 is 1.15 bits per heavy atom. The number of hydrogen-bond donors (Lipinski definition) is 1. The topological polar surface area (TPSA) is 75.7 Å². The molecule has 1 aromatic rings. The number of rotatable bonds is 6. The smallest absolute Gasteiger partial charge is 0.329 e. The van der Waals surface area contributed by atoms with Crippen LogP contribution < -0.4 is 5.32 Å². The van der Waals surface area contributed by atoms with Crippen LogP contribution in [0.15, 0.2) is 30.3 Å². The van der Waals surface area contributed by atoms with E-state index in [1.54, 1.807) is 29.2 Å². The number of hydrogen-bond acceptors (Lipinski definition) is 4. The number of nitrogens with zero attached hydrogens (tertiary/aromatic N) is 1. The summed E-state index contributed by atoms with van der Waals surface area (Å²) in [5.74, 6) is -0.621. The van der Waals surface area contributed by atoms with Crippen molar-refractivity contribution in [3.05, 3.63) is 35.9 Å². The van der Waals surface area contributed by atoms with Crippen LogP contribution in [-0.2, 0) is 14.3 Å². The highest BCUT2D eigenvalue weighted by Crippen LogP contribution is 2.16. The molecule has 1 fully saturated rings. The normalized spacial score (nSPS) is 16.2. The fourth-order valence-corrected chi connectivity index (χ4v) is 2.88. The van der Waals surface area contributed by atoms with E-state index in [9.17, 15) is 14.4 Å². The molecule has 0 aromatic heterocycles. The van der Waals surface area contributed by atoms with Gasteiger partial charge in [-0.15, -0.1) is 0 Å². The van der Waals surface area contributed by atoms with Crippen LogP contribution in [-0.4, -0.2) is 48.4 Å². The van der Waals surface area contributed by atoms with Crippen molar-refractivity contribution in [3.63, 3.8) is 0 Å². The van der Waals surface area contributed by atoms with Gasteiger partial charge in [0.05, 0.1) is 0 Å². The van der Waals surface area contributed by atoms with E-state index in [0.717, 1.165) is 12.8 Å². The van der Waals surface area contributed by atoms with Crippen LogP contribution in [0, 0.1) is 11.8 Å². The summed E-state index contributed by atoms with van der Waals surface area (Å²) in [6.07, 6.45) is 1.95. The van der Waals surface area contributed by atoms with E-state index in [2.05, 4.69) is 12.2 Å². The molecule has 1 heterocycles. The van der Waals surface area contributed by atoms with Gasteiger partial charge in [-0.05, 0) is 36.8 Å². The highest BCUT2D eigenvalue weighted by molar-refractivity contribution is 5.97. The first-order valence-electron chi connectivity index (χ1n) is 9.18. The molecule has 0 aliphatic carbocycles. The molecule has 6 heteroatoms. The van der Waals surface area contributed by atoms with E-state index in [0.29, 0.717) is 24.6 Å². The number of piperidine rings is 1. The minimum atomic E-state index is -0.795. The molecule has 0 bridgehead atoms. The van der Waals surface area contributed by atoms with Crippen molar-refractivity contribution in [1.29, 1.82) is 0 Å². The molecule has 142 valence electrons.